The van der Waals surface area contributed by atoms with E-state index in [-0.39, 0.29) is 13.0 Å². The highest BCUT2D eigenvalue weighted by Gasteiger charge is 2.20. The number of carbonyl (C=O) groups is 2. The minimum Gasteiger partial charge on any atom is -0.465 e. The Morgan fingerprint density at radius 2 is 2.00 bits per heavy atom. The van der Waals surface area contributed by atoms with Gasteiger partial charge < -0.3 is 16.2 Å². The first-order valence-electron chi connectivity index (χ1n) is 4.20. The van der Waals surface area contributed by atoms with E-state index in [4.69, 9.17) is 11.5 Å². The monoisotopic (exact) mass is 188 g/mol. The van der Waals surface area contributed by atoms with E-state index in [1.165, 1.54) is 0 Å². The number of carbonyl (C=O) groups excluding carboxylic acids is 2. The van der Waals surface area contributed by atoms with Gasteiger partial charge in [0, 0.05) is 5.92 Å². The molecule has 76 valence electrons. The number of primary amides is 1. The van der Waals surface area contributed by atoms with Crippen LogP contribution in [-0.2, 0) is 14.3 Å². The molecule has 0 saturated heterocycles. The van der Waals surface area contributed by atoms with E-state index in [0.29, 0.717) is 0 Å². The van der Waals surface area contributed by atoms with Gasteiger partial charge >= 0.3 is 5.97 Å². The Morgan fingerprint density at radius 3 is 2.38 bits per heavy atom. The van der Waals surface area contributed by atoms with Gasteiger partial charge in [0.15, 0.2) is 0 Å². The van der Waals surface area contributed by atoms with Crippen molar-refractivity contribution in [2.45, 2.75) is 26.3 Å². The fraction of sp³-hybridized carbons (Fsp3) is 0.750. The molecule has 0 aromatic carbocycles. The topological polar surface area (TPSA) is 95.4 Å². The zero-order valence-corrected chi connectivity index (χ0v) is 7.95. The van der Waals surface area contributed by atoms with Crippen LogP contribution >= 0.6 is 0 Å². The zero-order chi connectivity index (χ0) is 10.4. The number of hydrogen-bond acceptors (Lipinski definition) is 4. The second-order valence-corrected chi connectivity index (χ2v) is 2.90. The molecule has 0 rings (SSSR count). The molecule has 0 heterocycles. The molecule has 2 atom stereocenters. The van der Waals surface area contributed by atoms with E-state index in [9.17, 15) is 9.59 Å². The van der Waals surface area contributed by atoms with Gasteiger partial charge in [-0.25, -0.2) is 0 Å². The highest BCUT2D eigenvalue weighted by atomic mass is 16.5. The third-order valence-electron chi connectivity index (χ3n) is 1.68. The molecule has 0 spiro atoms. The SMILES string of the molecule is CCOC(=O)[C@@H](N)CC(C)C(N)=O. The molecule has 5 nitrogen and oxygen atoms in total. The minimum absolute atomic E-state index is 0.230. The quantitative estimate of drug-likeness (QED) is 0.562. The number of esters is 1. The summed E-state index contributed by atoms with van der Waals surface area (Å²) in [4.78, 5) is 21.6. The van der Waals surface area contributed by atoms with Crippen molar-refractivity contribution in [2.24, 2.45) is 17.4 Å². The molecule has 0 radical (unpaired) electrons. The van der Waals surface area contributed by atoms with Crippen LogP contribution in [0.4, 0.5) is 0 Å². The van der Waals surface area contributed by atoms with Gasteiger partial charge in [0.05, 0.1) is 6.61 Å². The number of ether oxygens (including phenoxy) is 1. The van der Waals surface area contributed by atoms with Gasteiger partial charge in [-0.3, -0.25) is 9.59 Å². The summed E-state index contributed by atoms with van der Waals surface area (Å²) >= 11 is 0. The maximum atomic E-state index is 11.0. The summed E-state index contributed by atoms with van der Waals surface area (Å²) in [6.07, 6.45) is 0.230. The average molecular weight is 188 g/mol. The molecule has 0 aliphatic heterocycles. The highest BCUT2D eigenvalue weighted by molar-refractivity contribution is 5.79. The minimum atomic E-state index is -0.762. The molecule has 0 bridgehead atoms. The van der Waals surface area contributed by atoms with Crippen LogP contribution in [0.3, 0.4) is 0 Å². The summed E-state index contributed by atoms with van der Waals surface area (Å²) in [6.45, 7) is 3.61. The number of amides is 1. The van der Waals surface area contributed by atoms with E-state index in [2.05, 4.69) is 4.74 Å². The van der Waals surface area contributed by atoms with E-state index < -0.39 is 23.8 Å². The van der Waals surface area contributed by atoms with Crippen LogP contribution in [0.5, 0.6) is 0 Å². The largest absolute Gasteiger partial charge is 0.465 e. The molecule has 5 heteroatoms. The van der Waals surface area contributed by atoms with E-state index >= 15 is 0 Å². The van der Waals surface area contributed by atoms with Crippen LogP contribution < -0.4 is 11.5 Å². The first-order chi connectivity index (χ1) is 5.99. The Hall–Kier alpha value is -1.10. The Bertz CT molecular complexity index is 194. The summed E-state index contributed by atoms with van der Waals surface area (Å²) in [5, 5.41) is 0. The summed E-state index contributed by atoms with van der Waals surface area (Å²) in [7, 11) is 0. The molecule has 0 fully saturated rings. The molecular weight excluding hydrogens is 172 g/mol. The van der Waals surface area contributed by atoms with E-state index in [0.717, 1.165) is 0 Å². The van der Waals surface area contributed by atoms with Crippen molar-refractivity contribution in [3.8, 4) is 0 Å². The second kappa shape index (κ2) is 5.53. The van der Waals surface area contributed by atoms with Gasteiger partial charge in [0.1, 0.15) is 6.04 Å². The zero-order valence-electron chi connectivity index (χ0n) is 7.95. The van der Waals surface area contributed by atoms with Gasteiger partial charge in [-0.1, -0.05) is 6.92 Å². The molecule has 0 aliphatic rings. The first-order valence-corrected chi connectivity index (χ1v) is 4.20. The first kappa shape index (κ1) is 11.9. The molecule has 0 aromatic rings. The van der Waals surface area contributed by atoms with Gasteiger partial charge in [0.2, 0.25) is 5.91 Å². The van der Waals surface area contributed by atoms with Crippen molar-refractivity contribution in [3.05, 3.63) is 0 Å². The van der Waals surface area contributed by atoms with E-state index in [1.54, 1.807) is 13.8 Å². The van der Waals surface area contributed by atoms with E-state index in [1.807, 2.05) is 0 Å². The summed E-state index contributed by atoms with van der Waals surface area (Å²) < 4.78 is 4.67. The van der Waals surface area contributed by atoms with Gasteiger partial charge in [-0.05, 0) is 13.3 Å². The molecule has 0 aliphatic carbocycles. The van der Waals surface area contributed by atoms with Crippen LogP contribution in [0.2, 0.25) is 0 Å². The maximum absolute atomic E-state index is 11.0. The van der Waals surface area contributed by atoms with Crippen molar-refractivity contribution in [1.29, 1.82) is 0 Å². The normalized spacial score (nSPS) is 14.7. The number of rotatable bonds is 5. The lowest BCUT2D eigenvalue weighted by atomic mass is 10.0. The Morgan fingerprint density at radius 1 is 1.46 bits per heavy atom. The smallest absolute Gasteiger partial charge is 0.322 e. The van der Waals surface area contributed by atoms with Gasteiger partial charge in [-0.2, -0.15) is 0 Å². The molecular formula is C8H16N2O3. The lowest BCUT2D eigenvalue weighted by molar-refractivity contribution is -0.145. The Kier molecular flexibility index (Phi) is 5.06. The molecule has 13 heavy (non-hydrogen) atoms. The van der Waals surface area contributed by atoms with Crippen molar-refractivity contribution >= 4 is 11.9 Å². The lowest BCUT2D eigenvalue weighted by Gasteiger charge is -2.13. The molecule has 1 unspecified atom stereocenters. The third-order valence-corrected chi connectivity index (χ3v) is 1.68. The molecule has 1 amide bonds. The van der Waals surface area contributed by atoms with Crippen molar-refractivity contribution in [2.75, 3.05) is 6.61 Å². The lowest BCUT2D eigenvalue weighted by Crippen LogP contribution is -2.36. The highest BCUT2D eigenvalue weighted by Crippen LogP contribution is 2.04. The van der Waals surface area contributed by atoms with Crippen molar-refractivity contribution < 1.29 is 14.3 Å². The Balaban J connectivity index is 3.92. The molecule has 4 N–H and O–H groups in total. The summed E-state index contributed by atoms with van der Waals surface area (Å²) in [6, 6.07) is -0.762. The third kappa shape index (κ3) is 4.47. The van der Waals surface area contributed by atoms with Gasteiger partial charge in [0.25, 0.3) is 0 Å². The summed E-state index contributed by atoms with van der Waals surface area (Å²) in [5.41, 5.74) is 10.5. The standard InChI is InChI=1S/C8H16N2O3/c1-3-13-8(12)6(9)4-5(2)7(10)11/h5-6H,3-4,9H2,1-2H3,(H2,10,11)/t5?,6-/m0/s1. The van der Waals surface area contributed by atoms with Crippen LogP contribution in [0.25, 0.3) is 0 Å². The molecule has 0 saturated carbocycles. The van der Waals surface area contributed by atoms with Crippen LogP contribution in [0, 0.1) is 5.92 Å². The van der Waals surface area contributed by atoms with Crippen LogP contribution in [0.1, 0.15) is 20.3 Å². The van der Waals surface area contributed by atoms with Crippen LogP contribution in [0.15, 0.2) is 0 Å². The fourth-order valence-corrected chi connectivity index (χ4v) is 0.843. The number of hydrogen-bond donors (Lipinski definition) is 2. The molecule has 0 aromatic heterocycles. The summed E-state index contributed by atoms with van der Waals surface area (Å²) in [5.74, 6) is -1.35. The maximum Gasteiger partial charge on any atom is 0.322 e. The average Bonchev–Trinajstić information content (AvgIpc) is 2.04. The van der Waals surface area contributed by atoms with Crippen molar-refractivity contribution in [3.63, 3.8) is 0 Å². The van der Waals surface area contributed by atoms with Crippen molar-refractivity contribution in [1.82, 2.24) is 0 Å². The Labute approximate surface area is 77.4 Å². The number of nitrogens with two attached hydrogens (primary N) is 2. The van der Waals surface area contributed by atoms with Gasteiger partial charge in [-0.15, -0.1) is 0 Å². The van der Waals surface area contributed by atoms with Crippen LogP contribution in [-0.4, -0.2) is 24.5 Å². The fourth-order valence-electron chi connectivity index (χ4n) is 0.843. The predicted octanol–water partition coefficient (Wildman–Crippen LogP) is -0.612. The predicted molar refractivity (Wildman–Crippen MR) is 47.6 cm³/mol. The second-order valence-electron chi connectivity index (χ2n) is 2.90.